The van der Waals surface area contributed by atoms with Gasteiger partial charge in [-0.15, -0.1) is 0 Å². The first-order chi connectivity index (χ1) is 14.3. The van der Waals surface area contributed by atoms with Gasteiger partial charge in [0.1, 0.15) is 0 Å². The molecule has 0 spiro atoms. The lowest BCUT2D eigenvalue weighted by molar-refractivity contribution is 0.0474. The highest BCUT2D eigenvalue weighted by Crippen LogP contribution is 2.36. The molecule has 0 radical (unpaired) electrons. The molecule has 0 N–H and O–H groups in total. The van der Waals surface area contributed by atoms with E-state index >= 15 is 0 Å². The summed E-state index contributed by atoms with van der Waals surface area (Å²) in [5, 5.41) is 0.216. The largest absolute Gasteiger partial charge is 0.493 e. The van der Waals surface area contributed by atoms with Crippen LogP contribution in [0.5, 0.6) is 11.5 Å². The molecule has 162 valence electrons. The van der Waals surface area contributed by atoms with Gasteiger partial charge in [0.25, 0.3) is 0 Å². The molecule has 7 nitrogen and oxygen atoms in total. The predicted molar refractivity (Wildman–Crippen MR) is 112 cm³/mol. The summed E-state index contributed by atoms with van der Waals surface area (Å²) < 4.78 is 23.4. The van der Waals surface area contributed by atoms with Crippen molar-refractivity contribution in [3.05, 3.63) is 45.7 Å². The average molecular weight is 436 g/mol. The van der Waals surface area contributed by atoms with Crippen molar-refractivity contribution in [3.63, 3.8) is 0 Å². The maximum atomic E-state index is 12.7. The topological polar surface area (TPSA) is 76.0 Å². The third kappa shape index (κ3) is 4.63. The molecule has 2 heterocycles. The molecule has 0 amide bonds. The summed E-state index contributed by atoms with van der Waals surface area (Å²) in [4.78, 5) is 25.1. The summed E-state index contributed by atoms with van der Waals surface area (Å²) in [5.74, 6) is -0.299. The second-order valence-electron chi connectivity index (χ2n) is 7.22. The number of rotatable bonds is 8. The van der Waals surface area contributed by atoms with Gasteiger partial charge in [0, 0.05) is 30.1 Å². The van der Waals surface area contributed by atoms with Gasteiger partial charge in [-0.1, -0.05) is 11.6 Å². The second-order valence-corrected chi connectivity index (χ2v) is 7.63. The number of Topliss-reactive ketones (excluding diaryl/α,β-unsaturated/α-hetero) is 1. The van der Waals surface area contributed by atoms with Crippen molar-refractivity contribution >= 4 is 23.4 Å². The highest BCUT2D eigenvalue weighted by molar-refractivity contribution is 6.32. The number of esters is 1. The summed E-state index contributed by atoms with van der Waals surface area (Å²) in [5.41, 5.74) is 2.54. The zero-order valence-electron chi connectivity index (χ0n) is 17.6. The fourth-order valence-electron chi connectivity index (χ4n) is 3.68. The Kier molecular flexibility index (Phi) is 7.05. The van der Waals surface area contributed by atoms with Crippen LogP contribution in [0.1, 0.15) is 44.9 Å². The van der Waals surface area contributed by atoms with Crippen LogP contribution in [0.2, 0.25) is 5.02 Å². The van der Waals surface area contributed by atoms with E-state index in [0.717, 1.165) is 37.4 Å². The molecule has 0 aliphatic carbocycles. The molecular formula is C22H26ClNO6. The van der Waals surface area contributed by atoms with Crippen molar-refractivity contribution in [1.82, 2.24) is 4.57 Å². The Balaban J connectivity index is 1.68. The molecule has 1 saturated heterocycles. The lowest BCUT2D eigenvalue weighted by Gasteiger charge is -2.14. The number of carbonyl (C=O) groups excluding carboxylic acids is 2. The van der Waals surface area contributed by atoms with E-state index in [1.807, 2.05) is 19.9 Å². The average Bonchev–Trinajstić information content (AvgIpc) is 3.34. The summed E-state index contributed by atoms with van der Waals surface area (Å²) >= 11 is 6.13. The molecule has 1 aromatic carbocycles. The summed E-state index contributed by atoms with van der Waals surface area (Å²) in [6, 6.07) is 4.71. The van der Waals surface area contributed by atoms with Crippen molar-refractivity contribution in [3.8, 4) is 11.5 Å². The van der Waals surface area contributed by atoms with E-state index in [-0.39, 0.29) is 29.1 Å². The number of halogens is 1. The van der Waals surface area contributed by atoms with E-state index in [9.17, 15) is 9.59 Å². The standard InChI is InChI=1S/C22H26ClNO6/c1-13-8-17(14(2)24(13)11-16-6-5-7-29-16)19(25)12-30-22(26)15-9-18(23)21(28-4)20(10-15)27-3/h8-10,16H,5-7,11-12H2,1-4H3. The lowest BCUT2D eigenvalue weighted by Crippen LogP contribution is -2.18. The maximum Gasteiger partial charge on any atom is 0.338 e. The SMILES string of the molecule is COc1cc(C(=O)OCC(=O)c2cc(C)n(CC3CCCO3)c2C)cc(Cl)c1OC. The molecule has 1 aliphatic heterocycles. The fraction of sp³-hybridized carbons (Fsp3) is 0.455. The van der Waals surface area contributed by atoms with Crippen LogP contribution >= 0.6 is 11.6 Å². The van der Waals surface area contributed by atoms with Crippen LogP contribution in [0.4, 0.5) is 0 Å². The molecule has 1 aromatic heterocycles. The van der Waals surface area contributed by atoms with E-state index in [4.69, 9.17) is 30.5 Å². The van der Waals surface area contributed by atoms with Crippen molar-refractivity contribution in [2.24, 2.45) is 0 Å². The van der Waals surface area contributed by atoms with E-state index in [1.165, 1.54) is 26.4 Å². The van der Waals surface area contributed by atoms with Crippen molar-refractivity contribution in [1.29, 1.82) is 0 Å². The second kappa shape index (κ2) is 9.53. The molecule has 1 fully saturated rings. The number of carbonyl (C=O) groups is 2. The van der Waals surface area contributed by atoms with Crippen molar-refractivity contribution < 1.29 is 28.5 Å². The summed E-state index contributed by atoms with van der Waals surface area (Å²) in [6.45, 7) is 4.98. The number of ketones is 1. The highest BCUT2D eigenvalue weighted by Gasteiger charge is 2.22. The van der Waals surface area contributed by atoms with E-state index in [1.54, 1.807) is 0 Å². The van der Waals surface area contributed by atoms with Crippen LogP contribution in [0, 0.1) is 13.8 Å². The summed E-state index contributed by atoms with van der Waals surface area (Å²) in [7, 11) is 2.90. The third-order valence-corrected chi connectivity index (χ3v) is 5.57. The minimum atomic E-state index is -0.667. The van der Waals surface area contributed by atoms with Gasteiger partial charge in [0.15, 0.2) is 18.1 Å². The number of aromatic nitrogens is 1. The van der Waals surface area contributed by atoms with E-state index < -0.39 is 5.97 Å². The van der Waals surface area contributed by atoms with Crippen LogP contribution in [-0.4, -0.2) is 49.9 Å². The fourth-order valence-corrected chi connectivity index (χ4v) is 3.97. The van der Waals surface area contributed by atoms with Crippen LogP contribution < -0.4 is 9.47 Å². The van der Waals surface area contributed by atoms with Gasteiger partial charge in [0.2, 0.25) is 5.78 Å². The van der Waals surface area contributed by atoms with Crippen LogP contribution in [0.25, 0.3) is 0 Å². The normalized spacial score (nSPS) is 15.8. The Morgan fingerprint density at radius 1 is 1.20 bits per heavy atom. The van der Waals surface area contributed by atoms with Crippen LogP contribution in [0.15, 0.2) is 18.2 Å². The first-order valence-corrected chi connectivity index (χ1v) is 10.1. The number of ether oxygens (including phenoxy) is 4. The number of nitrogens with zero attached hydrogens (tertiary/aromatic N) is 1. The van der Waals surface area contributed by atoms with E-state index in [0.29, 0.717) is 17.1 Å². The molecule has 0 bridgehead atoms. The molecule has 0 saturated carbocycles. The Labute approximate surface area is 180 Å². The predicted octanol–water partition coefficient (Wildman–Crippen LogP) is 3.99. The first kappa shape index (κ1) is 22.2. The Bertz CT molecular complexity index is 946. The Morgan fingerprint density at radius 3 is 2.60 bits per heavy atom. The first-order valence-electron chi connectivity index (χ1n) is 9.75. The van der Waals surface area contributed by atoms with Gasteiger partial charge in [-0.2, -0.15) is 0 Å². The monoisotopic (exact) mass is 435 g/mol. The number of hydrogen-bond acceptors (Lipinski definition) is 6. The molecule has 1 atom stereocenters. The minimum absolute atomic E-state index is 0.172. The molecule has 8 heteroatoms. The third-order valence-electron chi connectivity index (χ3n) is 5.29. The molecule has 3 rings (SSSR count). The van der Waals surface area contributed by atoms with Crippen LogP contribution in [0.3, 0.4) is 0 Å². The quantitative estimate of drug-likeness (QED) is 0.461. The van der Waals surface area contributed by atoms with Crippen molar-refractivity contribution in [2.75, 3.05) is 27.4 Å². The van der Waals surface area contributed by atoms with Gasteiger partial charge in [-0.3, -0.25) is 4.79 Å². The van der Waals surface area contributed by atoms with Crippen molar-refractivity contribution in [2.45, 2.75) is 39.3 Å². The molecule has 30 heavy (non-hydrogen) atoms. The molecule has 1 aliphatic rings. The zero-order valence-corrected chi connectivity index (χ0v) is 18.4. The minimum Gasteiger partial charge on any atom is -0.493 e. The Morgan fingerprint density at radius 2 is 1.97 bits per heavy atom. The van der Waals surface area contributed by atoms with Gasteiger partial charge in [0.05, 0.1) is 30.9 Å². The number of hydrogen-bond donors (Lipinski definition) is 0. The number of aryl methyl sites for hydroxylation is 1. The summed E-state index contributed by atoms with van der Waals surface area (Å²) in [6.07, 6.45) is 2.25. The van der Waals surface area contributed by atoms with Gasteiger partial charge in [-0.05, 0) is 44.9 Å². The number of benzene rings is 1. The maximum absolute atomic E-state index is 12.7. The molecule has 2 aromatic rings. The molecule has 1 unspecified atom stereocenters. The highest BCUT2D eigenvalue weighted by atomic mass is 35.5. The smallest absolute Gasteiger partial charge is 0.338 e. The Hall–Kier alpha value is -2.51. The van der Waals surface area contributed by atoms with Gasteiger partial charge in [-0.25, -0.2) is 4.79 Å². The molecular weight excluding hydrogens is 410 g/mol. The van der Waals surface area contributed by atoms with Gasteiger partial charge >= 0.3 is 5.97 Å². The van der Waals surface area contributed by atoms with Gasteiger partial charge < -0.3 is 23.5 Å². The lowest BCUT2D eigenvalue weighted by atomic mass is 10.1. The van der Waals surface area contributed by atoms with Crippen LogP contribution in [-0.2, 0) is 16.0 Å². The zero-order chi connectivity index (χ0) is 21.8. The number of methoxy groups -OCH3 is 2. The van der Waals surface area contributed by atoms with E-state index in [2.05, 4.69) is 4.57 Å².